The lowest BCUT2D eigenvalue weighted by Crippen LogP contribution is -2.68. The van der Waals surface area contributed by atoms with E-state index in [2.05, 4.69) is 20.8 Å². The molecule has 106 valence electrons. The zero-order valence-corrected chi connectivity index (χ0v) is 8.98. The van der Waals surface area contributed by atoms with E-state index < -0.39 is 30.7 Å². The van der Waals surface area contributed by atoms with Crippen molar-refractivity contribution in [1.82, 2.24) is 0 Å². The summed E-state index contributed by atoms with van der Waals surface area (Å²) in [5.74, 6) is 0. The molecule has 0 saturated carbocycles. The van der Waals surface area contributed by atoms with Gasteiger partial charge in [0.1, 0.15) is 6.61 Å². The monoisotopic (exact) mass is 280 g/mol. The maximum atomic E-state index is 12.3. The first-order chi connectivity index (χ1) is 8.14. The molecule has 1 fully saturated rings. The number of halogens is 6. The van der Waals surface area contributed by atoms with Gasteiger partial charge in [0.2, 0.25) is 0 Å². The van der Waals surface area contributed by atoms with Crippen molar-refractivity contribution < 1.29 is 40.6 Å². The maximum Gasteiger partial charge on any atom is 0.426 e. The van der Waals surface area contributed by atoms with Crippen LogP contribution in [0.25, 0.3) is 0 Å². The van der Waals surface area contributed by atoms with Crippen molar-refractivity contribution in [3.05, 3.63) is 12.8 Å². The first kappa shape index (κ1) is 15.1. The lowest BCUT2D eigenvalue weighted by molar-refractivity contribution is -0.470. The van der Waals surface area contributed by atoms with Crippen LogP contribution in [-0.4, -0.2) is 37.5 Å². The van der Waals surface area contributed by atoms with Crippen molar-refractivity contribution in [2.24, 2.45) is 0 Å². The number of rotatable bonds is 5. The minimum atomic E-state index is -5.53. The molecule has 18 heavy (non-hydrogen) atoms. The molecular weight excluding hydrogens is 270 g/mol. The third-order valence-corrected chi connectivity index (χ3v) is 2.33. The molecule has 1 aliphatic rings. The van der Waals surface area contributed by atoms with Crippen molar-refractivity contribution in [2.75, 3.05) is 13.2 Å². The highest BCUT2D eigenvalue weighted by Gasteiger charge is 2.78. The van der Waals surface area contributed by atoms with E-state index in [0.717, 1.165) is 6.26 Å². The van der Waals surface area contributed by atoms with Gasteiger partial charge < -0.3 is 14.2 Å². The van der Waals surface area contributed by atoms with Gasteiger partial charge in [0, 0.05) is 6.42 Å². The highest BCUT2D eigenvalue weighted by atomic mass is 19.4. The summed E-state index contributed by atoms with van der Waals surface area (Å²) in [6, 6.07) is 0. The van der Waals surface area contributed by atoms with E-state index in [1.165, 1.54) is 0 Å². The molecule has 1 unspecified atom stereocenters. The van der Waals surface area contributed by atoms with Crippen LogP contribution < -0.4 is 0 Å². The van der Waals surface area contributed by atoms with Gasteiger partial charge in [-0.2, -0.15) is 26.3 Å². The Hall–Kier alpha value is -0.960. The van der Waals surface area contributed by atoms with Crippen LogP contribution in [0, 0.1) is 0 Å². The molecule has 1 saturated heterocycles. The Morgan fingerprint density at radius 2 is 1.67 bits per heavy atom. The van der Waals surface area contributed by atoms with Crippen LogP contribution in [0.1, 0.15) is 6.42 Å². The van der Waals surface area contributed by atoms with E-state index in [1.807, 2.05) is 0 Å². The average molecular weight is 280 g/mol. The second-order valence-electron chi connectivity index (χ2n) is 3.48. The SMILES string of the molecule is C=COCCOC1CC(C(F)(F)F)(C(F)(F)F)O1. The van der Waals surface area contributed by atoms with E-state index in [0.29, 0.717) is 0 Å². The quantitative estimate of drug-likeness (QED) is 0.440. The molecule has 9 heteroatoms. The summed E-state index contributed by atoms with van der Waals surface area (Å²) in [6.07, 6.45) is -12.8. The van der Waals surface area contributed by atoms with Gasteiger partial charge in [-0.15, -0.1) is 0 Å². The van der Waals surface area contributed by atoms with E-state index in [9.17, 15) is 26.3 Å². The molecule has 0 aromatic carbocycles. The van der Waals surface area contributed by atoms with Gasteiger partial charge in [-0.1, -0.05) is 6.58 Å². The van der Waals surface area contributed by atoms with Crippen LogP contribution in [-0.2, 0) is 14.2 Å². The van der Waals surface area contributed by atoms with E-state index >= 15 is 0 Å². The Bertz CT molecular complexity index is 276. The van der Waals surface area contributed by atoms with Crippen LogP contribution in [0.3, 0.4) is 0 Å². The number of alkyl halides is 6. The Kier molecular flexibility index (Phi) is 4.16. The summed E-state index contributed by atoms with van der Waals surface area (Å²) in [5.41, 5.74) is -4.12. The Morgan fingerprint density at radius 1 is 1.17 bits per heavy atom. The van der Waals surface area contributed by atoms with Crippen molar-refractivity contribution in [3.63, 3.8) is 0 Å². The molecule has 0 spiro atoms. The normalized spacial score (nSPS) is 23.3. The van der Waals surface area contributed by atoms with Gasteiger partial charge in [0.15, 0.2) is 6.29 Å². The summed E-state index contributed by atoms with van der Waals surface area (Å²) in [4.78, 5) is 0. The Morgan fingerprint density at radius 3 is 2.06 bits per heavy atom. The molecule has 3 nitrogen and oxygen atoms in total. The van der Waals surface area contributed by atoms with E-state index in [-0.39, 0.29) is 13.2 Å². The maximum absolute atomic E-state index is 12.3. The fraction of sp³-hybridized carbons (Fsp3) is 0.778. The van der Waals surface area contributed by atoms with Crippen LogP contribution in [0.15, 0.2) is 12.8 Å². The van der Waals surface area contributed by atoms with Gasteiger partial charge >= 0.3 is 12.4 Å². The van der Waals surface area contributed by atoms with Crippen LogP contribution in [0.2, 0.25) is 0 Å². The predicted octanol–water partition coefficient (Wildman–Crippen LogP) is 2.77. The Labute approximate surface area is 98.3 Å². The largest absolute Gasteiger partial charge is 0.499 e. The van der Waals surface area contributed by atoms with E-state index in [1.54, 1.807) is 0 Å². The van der Waals surface area contributed by atoms with Gasteiger partial charge in [-0.05, 0) is 0 Å². The average Bonchev–Trinajstić information content (AvgIpc) is 2.10. The molecule has 0 aliphatic carbocycles. The van der Waals surface area contributed by atoms with Crippen molar-refractivity contribution in [3.8, 4) is 0 Å². The van der Waals surface area contributed by atoms with Gasteiger partial charge in [-0.25, -0.2) is 0 Å². The molecule has 0 radical (unpaired) electrons. The summed E-state index contributed by atoms with van der Waals surface area (Å²) in [6.45, 7) is 2.97. The van der Waals surface area contributed by atoms with Gasteiger partial charge in [-0.3, -0.25) is 0 Å². The standard InChI is InChI=1S/C9H10F6O3/c1-2-16-3-4-17-6-5-7(18-6,8(10,11)12)9(13,14)15/h2,6H,1,3-5H2. The number of ether oxygens (including phenoxy) is 3. The number of hydrogen-bond donors (Lipinski definition) is 0. The highest BCUT2D eigenvalue weighted by Crippen LogP contribution is 2.55. The molecule has 1 heterocycles. The van der Waals surface area contributed by atoms with Crippen molar-refractivity contribution >= 4 is 0 Å². The predicted molar refractivity (Wildman–Crippen MR) is 46.4 cm³/mol. The smallest absolute Gasteiger partial charge is 0.426 e. The minimum Gasteiger partial charge on any atom is -0.499 e. The highest BCUT2D eigenvalue weighted by molar-refractivity contribution is 5.02. The first-order valence-electron chi connectivity index (χ1n) is 4.79. The van der Waals surface area contributed by atoms with Crippen LogP contribution >= 0.6 is 0 Å². The summed E-state index contributed by atoms with van der Waals surface area (Å²) in [7, 11) is 0. The van der Waals surface area contributed by atoms with Crippen LogP contribution in [0.4, 0.5) is 26.3 Å². The summed E-state index contributed by atoms with van der Waals surface area (Å²) >= 11 is 0. The second-order valence-corrected chi connectivity index (χ2v) is 3.48. The molecule has 0 amide bonds. The molecule has 0 bridgehead atoms. The molecule has 0 N–H and O–H groups in total. The van der Waals surface area contributed by atoms with Crippen LogP contribution in [0.5, 0.6) is 0 Å². The molecular formula is C9H10F6O3. The van der Waals surface area contributed by atoms with Gasteiger partial charge in [0.25, 0.3) is 5.60 Å². The fourth-order valence-electron chi connectivity index (χ4n) is 1.38. The zero-order chi connectivity index (χ0) is 14.0. The van der Waals surface area contributed by atoms with Gasteiger partial charge in [0.05, 0.1) is 12.9 Å². The fourth-order valence-corrected chi connectivity index (χ4v) is 1.38. The topological polar surface area (TPSA) is 27.7 Å². The zero-order valence-electron chi connectivity index (χ0n) is 8.98. The number of hydrogen-bond acceptors (Lipinski definition) is 3. The summed E-state index contributed by atoms with van der Waals surface area (Å²) < 4.78 is 87.1. The molecule has 0 aromatic heterocycles. The third-order valence-electron chi connectivity index (χ3n) is 2.33. The first-order valence-corrected chi connectivity index (χ1v) is 4.79. The van der Waals surface area contributed by atoms with E-state index in [4.69, 9.17) is 0 Å². The molecule has 1 atom stereocenters. The van der Waals surface area contributed by atoms with Crippen molar-refractivity contribution in [2.45, 2.75) is 30.7 Å². The third kappa shape index (κ3) is 2.72. The lowest BCUT2D eigenvalue weighted by Gasteiger charge is -2.48. The minimum absolute atomic E-state index is 0.0333. The molecule has 1 aliphatic heterocycles. The second kappa shape index (κ2) is 4.96. The molecule has 0 aromatic rings. The Balaban J connectivity index is 2.51. The van der Waals surface area contributed by atoms with Crippen molar-refractivity contribution in [1.29, 1.82) is 0 Å². The lowest BCUT2D eigenvalue weighted by atomic mass is 9.92. The molecule has 1 rings (SSSR count). The summed E-state index contributed by atoms with van der Waals surface area (Å²) in [5, 5.41) is 0.